The van der Waals surface area contributed by atoms with Gasteiger partial charge in [-0.25, -0.2) is 0 Å². The molecular weight excluding hydrogens is 156 g/mol. The lowest BCUT2D eigenvalue weighted by Crippen LogP contribution is -2.84. The molecule has 0 nitrogen and oxygen atoms in total. The van der Waals surface area contributed by atoms with Crippen molar-refractivity contribution >= 4 is 0 Å². The average molecular weight is 174 g/mol. The highest BCUT2D eigenvalue weighted by Crippen LogP contribution is 2.90. The van der Waals surface area contributed by atoms with Gasteiger partial charge in [-0.2, -0.15) is 0 Å². The molecule has 8 atom stereocenters. The third-order valence-corrected chi connectivity index (χ3v) is 7.07. The van der Waals surface area contributed by atoms with Crippen LogP contribution in [0.15, 0.2) is 0 Å². The van der Waals surface area contributed by atoms with Crippen molar-refractivity contribution in [3.63, 3.8) is 0 Å². The van der Waals surface area contributed by atoms with Gasteiger partial charge in [0.15, 0.2) is 0 Å². The van der Waals surface area contributed by atoms with Crippen molar-refractivity contribution in [2.45, 2.75) is 32.6 Å². The maximum Gasteiger partial charge on any atom is -0.0173 e. The van der Waals surface area contributed by atoms with E-state index in [0.29, 0.717) is 0 Å². The molecule has 0 radical (unpaired) electrons. The zero-order valence-electron chi connectivity index (χ0n) is 8.37. The molecule has 0 saturated heterocycles. The quantitative estimate of drug-likeness (QED) is 0.529. The minimum absolute atomic E-state index is 1.01. The second kappa shape index (κ2) is 1.51. The van der Waals surface area contributed by atoms with Gasteiger partial charge in [-0.3, -0.25) is 0 Å². The van der Waals surface area contributed by atoms with Crippen LogP contribution in [0.1, 0.15) is 32.6 Å². The normalized spacial score (nSPS) is 80.5. The molecule has 1 spiro atoms. The smallest absolute Gasteiger partial charge is 0.0173 e. The van der Waals surface area contributed by atoms with Crippen LogP contribution in [0.3, 0.4) is 0 Å². The van der Waals surface area contributed by atoms with Crippen LogP contribution < -0.4 is 0 Å². The molecule has 8 unspecified atom stereocenters. The summed E-state index contributed by atoms with van der Waals surface area (Å²) in [7, 11) is 0. The molecule has 0 heteroatoms. The van der Waals surface area contributed by atoms with Gasteiger partial charge in [0.2, 0.25) is 0 Å². The summed E-state index contributed by atoms with van der Waals surface area (Å²) in [6.07, 6.45) is 6.53. The summed E-state index contributed by atoms with van der Waals surface area (Å²) in [5.41, 5.74) is 1.01. The Hall–Kier alpha value is 0. The fourth-order valence-electron chi connectivity index (χ4n) is 6.88. The van der Waals surface area contributed by atoms with Gasteiger partial charge in [-0.15, -0.1) is 0 Å². The zero-order valence-corrected chi connectivity index (χ0v) is 8.37. The Morgan fingerprint density at radius 3 is 2.69 bits per heavy atom. The largest absolute Gasteiger partial charge is 0.0622 e. The van der Waals surface area contributed by atoms with Crippen LogP contribution in [0.4, 0.5) is 0 Å². The van der Waals surface area contributed by atoms with Crippen LogP contribution in [0.2, 0.25) is 0 Å². The molecule has 0 aromatic carbocycles. The molecule has 0 heterocycles. The summed E-state index contributed by atoms with van der Waals surface area (Å²) >= 11 is 0. The van der Waals surface area contributed by atoms with Gasteiger partial charge in [0, 0.05) is 0 Å². The standard InChI is InChI=1S/C13H18/c1-6-2-7-3-9-11-5-8-4-10(6)13(8,11)12(7)9/h6-12H,2-5H2,1H3. The number of rotatable bonds is 0. The molecule has 5 saturated carbocycles. The highest BCUT2D eigenvalue weighted by atomic mass is 14.9. The summed E-state index contributed by atoms with van der Waals surface area (Å²) in [5, 5.41) is 0. The van der Waals surface area contributed by atoms with E-state index in [1.807, 2.05) is 0 Å². The topological polar surface area (TPSA) is 0 Å². The van der Waals surface area contributed by atoms with Crippen molar-refractivity contribution in [1.82, 2.24) is 0 Å². The Labute approximate surface area is 80.1 Å². The first-order valence-electron chi connectivity index (χ1n) is 6.33. The van der Waals surface area contributed by atoms with Gasteiger partial charge >= 0.3 is 0 Å². The average Bonchev–Trinajstić information content (AvgIpc) is 2.08. The summed E-state index contributed by atoms with van der Waals surface area (Å²) in [4.78, 5) is 0. The molecule has 5 rings (SSSR count). The molecule has 0 amide bonds. The Morgan fingerprint density at radius 2 is 1.85 bits per heavy atom. The Bertz CT molecular complexity index is 299. The van der Waals surface area contributed by atoms with Gasteiger partial charge in [0.05, 0.1) is 0 Å². The summed E-state index contributed by atoms with van der Waals surface area (Å²) in [6, 6.07) is 0. The van der Waals surface area contributed by atoms with Crippen LogP contribution in [-0.4, -0.2) is 0 Å². The van der Waals surface area contributed by atoms with Crippen molar-refractivity contribution in [3.05, 3.63) is 0 Å². The van der Waals surface area contributed by atoms with E-state index in [9.17, 15) is 0 Å². The van der Waals surface area contributed by atoms with Crippen LogP contribution in [-0.2, 0) is 0 Å². The van der Waals surface area contributed by atoms with Crippen molar-refractivity contribution < 1.29 is 0 Å². The van der Waals surface area contributed by atoms with Gasteiger partial charge in [-0.1, -0.05) is 6.92 Å². The number of hydrogen-bond acceptors (Lipinski definition) is 0. The predicted octanol–water partition coefficient (Wildman–Crippen LogP) is 2.93. The molecule has 0 N–H and O–H groups in total. The maximum absolute atomic E-state index is 2.55. The Kier molecular flexibility index (Phi) is 0.753. The van der Waals surface area contributed by atoms with E-state index >= 15 is 0 Å². The molecule has 13 heavy (non-hydrogen) atoms. The molecule has 70 valence electrons. The molecule has 5 fully saturated rings. The fourth-order valence-corrected chi connectivity index (χ4v) is 6.88. The van der Waals surface area contributed by atoms with Crippen LogP contribution in [0.5, 0.6) is 0 Å². The number of hydrogen-bond donors (Lipinski definition) is 0. The Balaban J connectivity index is 1.67. The van der Waals surface area contributed by atoms with Gasteiger partial charge in [0.1, 0.15) is 0 Å². The SMILES string of the molecule is CC1CC2CC3C4CC5CC1C54C23. The van der Waals surface area contributed by atoms with E-state index in [1.165, 1.54) is 35.5 Å². The van der Waals surface area contributed by atoms with E-state index in [2.05, 4.69) is 6.92 Å². The van der Waals surface area contributed by atoms with Crippen molar-refractivity contribution in [1.29, 1.82) is 0 Å². The third-order valence-electron chi connectivity index (χ3n) is 7.07. The fraction of sp³-hybridized carbons (Fsp3) is 1.00. The second-order valence-electron chi connectivity index (χ2n) is 6.78. The molecule has 5 aliphatic rings. The van der Waals surface area contributed by atoms with E-state index in [4.69, 9.17) is 0 Å². The lowest BCUT2D eigenvalue weighted by Gasteiger charge is -2.90. The Morgan fingerprint density at radius 1 is 1.00 bits per heavy atom. The molecule has 0 aliphatic heterocycles. The summed E-state index contributed by atoms with van der Waals surface area (Å²) < 4.78 is 0. The first-order valence-corrected chi connectivity index (χ1v) is 6.33. The van der Waals surface area contributed by atoms with Crippen molar-refractivity contribution in [2.24, 2.45) is 46.8 Å². The first-order chi connectivity index (χ1) is 6.33. The van der Waals surface area contributed by atoms with Crippen molar-refractivity contribution in [2.75, 3.05) is 0 Å². The van der Waals surface area contributed by atoms with E-state index in [1.54, 1.807) is 25.7 Å². The number of fused-ring (bicyclic) bond motifs is 1. The maximum atomic E-state index is 2.55. The summed E-state index contributed by atoms with van der Waals surface area (Å²) in [6.45, 7) is 2.55. The first kappa shape index (κ1) is 6.48. The van der Waals surface area contributed by atoms with Crippen LogP contribution in [0, 0.1) is 46.8 Å². The lowest BCUT2D eigenvalue weighted by molar-refractivity contribution is -0.420. The third kappa shape index (κ3) is 0.383. The highest BCUT2D eigenvalue weighted by molar-refractivity contribution is 5.32. The second-order valence-corrected chi connectivity index (χ2v) is 6.78. The van der Waals surface area contributed by atoms with Crippen molar-refractivity contribution in [3.8, 4) is 0 Å². The van der Waals surface area contributed by atoms with E-state index in [-0.39, 0.29) is 0 Å². The minimum atomic E-state index is 1.01. The predicted molar refractivity (Wildman–Crippen MR) is 51.0 cm³/mol. The van der Waals surface area contributed by atoms with Gasteiger partial charge < -0.3 is 0 Å². The molecular formula is C13H18. The van der Waals surface area contributed by atoms with Gasteiger partial charge in [-0.05, 0) is 72.5 Å². The highest BCUT2D eigenvalue weighted by Gasteiger charge is 2.84. The molecule has 5 aliphatic carbocycles. The monoisotopic (exact) mass is 174 g/mol. The molecule has 0 aromatic rings. The minimum Gasteiger partial charge on any atom is -0.0622 e. The molecule has 0 bridgehead atoms. The van der Waals surface area contributed by atoms with Gasteiger partial charge in [0.25, 0.3) is 0 Å². The van der Waals surface area contributed by atoms with E-state index < -0.39 is 0 Å². The van der Waals surface area contributed by atoms with Crippen LogP contribution >= 0.6 is 0 Å². The van der Waals surface area contributed by atoms with Crippen LogP contribution in [0.25, 0.3) is 0 Å². The van der Waals surface area contributed by atoms with E-state index in [0.717, 1.165) is 11.3 Å². The zero-order chi connectivity index (χ0) is 8.37. The lowest BCUT2D eigenvalue weighted by atomic mass is 9.15. The molecule has 0 aromatic heterocycles. The summed E-state index contributed by atoms with van der Waals surface area (Å²) in [5.74, 6) is 8.50.